The summed E-state index contributed by atoms with van der Waals surface area (Å²) in [5.41, 5.74) is 1.54. The fraction of sp³-hybridized carbons (Fsp3) is 0.400. The van der Waals surface area contributed by atoms with Gasteiger partial charge in [-0.3, -0.25) is 4.79 Å². The molecule has 1 rings (SSSR count). The monoisotopic (exact) mass is 213 g/mol. The van der Waals surface area contributed by atoms with Gasteiger partial charge in [-0.25, -0.2) is 4.98 Å². The standard InChI is InChI=1S/C10H12ClNO2/c1-3-14-9(13)6-8-5-4-7(2)10(11)12-8/h4-5H,3,6H2,1-2H3. The molecule has 0 aliphatic carbocycles. The van der Waals surface area contributed by atoms with Crippen LogP contribution in [0.25, 0.3) is 0 Å². The van der Waals surface area contributed by atoms with Gasteiger partial charge in [0.05, 0.1) is 18.7 Å². The van der Waals surface area contributed by atoms with E-state index in [0.717, 1.165) is 5.56 Å². The highest BCUT2D eigenvalue weighted by Gasteiger charge is 2.06. The highest BCUT2D eigenvalue weighted by Crippen LogP contribution is 2.12. The Hall–Kier alpha value is -1.09. The third-order valence-electron chi connectivity index (χ3n) is 1.72. The number of carbonyl (C=O) groups excluding carboxylic acids is 1. The number of aryl methyl sites for hydroxylation is 1. The normalized spacial score (nSPS) is 9.93. The second-order valence-electron chi connectivity index (χ2n) is 2.89. The number of pyridine rings is 1. The summed E-state index contributed by atoms with van der Waals surface area (Å²) in [5, 5.41) is 0.437. The van der Waals surface area contributed by atoms with Gasteiger partial charge in [-0.15, -0.1) is 0 Å². The highest BCUT2D eigenvalue weighted by atomic mass is 35.5. The second kappa shape index (κ2) is 4.96. The summed E-state index contributed by atoms with van der Waals surface area (Å²) in [6, 6.07) is 3.61. The van der Waals surface area contributed by atoms with Gasteiger partial charge in [-0.05, 0) is 25.5 Å². The molecule has 0 aliphatic heterocycles. The van der Waals surface area contributed by atoms with E-state index in [2.05, 4.69) is 4.98 Å². The number of hydrogen-bond donors (Lipinski definition) is 0. The van der Waals surface area contributed by atoms with Crippen LogP contribution in [0.5, 0.6) is 0 Å². The van der Waals surface area contributed by atoms with Crippen LogP contribution in [0.4, 0.5) is 0 Å². The highest BCUT2D eigenvalue weighted by molar-refractivity contribution is 6.30. The van der Waals surface area contributed by atoms with Crippen molar-refractivity contribution < 1.29 is 9.53 Å². The first-order valence-corrected chi connectivity index (χ1v) is 4.79. The van der Waals surface area contributed by atoms with Crippen molar-refractivity contribution in [2.45, 2.75) is 20.3 Å². The molecule has 0 aliphatic rings. The minimum atomic E-state index is -0.278. The molecule has 1 heterocycles. The molecule has 76 valence electrons. The van der Waals surface area contributed by atoms with Crippen LogP contribution in [0, 0.1) is 6.92 Å². The Kier molecular flexibility index (Phi) is 3.89. The summed E-state index contributed by atoms with van der Waals surface area (Å²) in [4.78, 5) is 15.2. The zero-order chi connectivity index (χ0) is 10.6. The van der Waals surface area contributed by atoms with Crippen molar-refractivity contribution in [1.82, 2.24) is 4.98 Å². The average Bonchev–Trinajstić information content (AvgIpc) is 2.12. The number of esters is 1. The molecule has 4 heteroatoms. The third kappa shape index (κ3) is 3.00. The van der Waals surface area contributed by atoms with Crippen molar-refractivity contribution in [3.8, 4) is 0 Å². The maximum absolute atomic E-state index is 11.1. The van der Waals surface area contributed by atoms with Crippen molar-refractivity contribution >= 4 is 17.6 Å². The summed E-state index contributed by atoms with van der Waals surface area (Å²) in [7, 11) is 0. The summed E-state index contributed by atoms with van der Waals surface area (Å²) >= 11 is 5.81. The average molecular weight is 214 g/mol. The van der Waals surface area contributed by atoms with Gasteiger partial charge in [0, 0.05) is 0 Å². The molecule has 0 saturated carbocycles. The van der Waals surface area contributed by atoms with E-state index in [-0.39, 0.29) is 12.4 Å². The third-order valence-corrected chi connectivity index (χ3v) is 2.11. The lowest BCUT2D eigenvalue weighted by Crippen LogP contribution is -2.08. The molecule has 0 spiro atoms. The van der Waals surface area contributed by atoms with Gasteiger partial charge in [0.1, 0.15) is 5.15 Å². The number of aromatic nitrogens is 1. The number of hydrogen-bond acceptors (Lipinski definition) is 3. The Morgan fingerprint density at radius 3 is 2.86 bits per heavy atom. The van der Waals surface area contributed by atoms with Crippen molar-refractivity contribution in [3.63, 3.8) is 0 Å². The Labute approximate surface area is 88.1 Å². The lowest BCUT2D eigenvalue weighted by atomic mass is 10.2. The van der Waals surface area contributed by atoms with Crippen molar-refractivity contribution in [2.24, 2.45) is 0 Å². The van der Waals surface area contributed by atoms with Crippen LogP contribution in [0.3, 0.4) is 0 Å². The van der Waals surface area contributed by atoms with Crippen LogP contribution < -0.4 is 0 Å². The Morgan fingerprint density at radius 2 is 2.29 bits per heavy atom. The number of rotatable bonds is 3. The molecule has 0 radical (unpaired) electrons. The van der Waals surface area contributed by atoms with E-state index in [0.29, 0.717) is 17.5 Å². The minimum Gasteiger partial charge on any atom is -0.466 e. The van der Waals surface area contributed by atoms with Crippen LogP contribution in [0.2, 0.25) is 5.15 Å². The molecule has 14 heavy (non-hydrogen) atoms. The first kappa shape index (κ1) is 11.0. The molecule has 1 aromatic heterocycles. The first-order valence-electron chi connectivity index (χ1n) is 4.41. The van der Waals surface area contributed by atoms with E-state index in [4.69, 9.17) is 16.3 Å². The molecular weight excluding hydrogens is 202 g/mol. The number of carbonyl (C=O) groups is 1. The fourth-order valence-corrected chi connectivity index (χ4v) is 1.17. The quantitative estimate of drug-likeness (QED) is 0.571. The molecule has 0 N–H and O–H groups in total. The van der Waals surface area contributed by atoms with E-state index >= 15 is 0 Å². The van der Waals surface area contributed by atoms with E-state index in [1.54, 1.807) is 13.0 Å². The summed E-state index contributed by atoms with van der Waals surface area (Å²) in [6.07, 6.45) is 0.174. The van der Waals surface area contributed by atoms with Crippen LogP contribution in [0.15, 0.2) is 12.1 Å². The van der Waals surface area contributed by atoms with E-state index in [1.165, 1.54) is 0 Å². The number of ether oxygens (including phenoxy) is 1. The lowest BCUT2D eigenvalue weighted by molar-refractivity contribution is -0.142. The molecule has 0 bridgehead atoms. The zero-order valence-corrected chi connectivity index (χ0v) is 8.97. The largest absolute Gasteiger partial charge is 0.466 e. The summed E-state index contributed by atoms with van der Waals surface area (Å²) in [6.45, 7) is 4.02. The molecule has 0 unspecified atom stereocenters. The zero-order valence-electron chi connectivity index (χ0n) is 8.21. The SMILES string of the molecule is CCOC(=O)Cc1ccc(C)c(Cl)n1. The van der Waals surface area contributed by atoms with Gasteiger partial charge >= 0.3 is 5.97 Å². The fourth-order valence-electron chi connectivity index (χ4n) is 1.000. The Morgan fingerprint density at radius 1 is 1.57 bits per heavy atom. The van der Waals surface area contributed by atoms with E-state index in [1.807, 2.05) is 13.0 Å². The van der Waals surface area contributed by atoms with Crippen molar-refractivity contribution in [3.05, 3.63) is 28.5 Å². The molecule has 1 aromatic rings. The Bertz CT molecular complexity index is 339. The summed E-state index contributed by atoms with van der Waals surface area (Å²) < 4.78 is 4.79. The van der Waals surface area contributed by atoms with Crippen molar-refractivity contribution in [2.75, 3.05) is 6.61 Å². The van der Waals surface area contributed by atoms with Gasteiger partial charge in [0.25, 0.3) is 0 Å². The van der Waals surface area contributed by atoms with Crippen molar-refractivity contribution in [1.29, 1.82) is 0 Å². The molecule has 0 fully saturated rings. The molecule has 0 amide bonds. The van der Waals surface area contributed by atoms with E-state index < -0.39 is 0 Å². The van der Waals surface area contributed by atoms with Gasteiger partial charge in [-0.1, -0.05) is 17.7 Å². The topological polar surface area (TPSA) is 39.2 Å². The predicted octanol–water partition coefficient (Wildman–Crippen LogP) is 2.15. The van der Waals surface area contributed by atoms with Crippen LogP contribution in [-0.4, -0.2) is 17.6 Å². The lowest BCUT2D eigenvalue weighted by Gasteiger charge is -2.02. The molecule has 3 nitrogen and oxygen atoms in total. The molecule has 0 aromatic carbocycles. The summed E-state index contributed by atoms with van der Waals surface area (Å²) in [5.74, 6) is -0.278. The maximum atomic E-state index is 11.1. The van der Waals surface area contributed by atoms with Gasteiger partial charge in [0.15, 0.2) is 0 Å². The van der Waals surface area contributed by atoms with Crippen LogP contribution >= 0.6 is 11.6 Å². The minimum absolute atomic E-state index is 0.174. The number of halogens is 1. The van der Waals surface area contributed by atoms with Gasteiger partial charge < -0.3 is 4.74 Å². The number of nitrogens with zero attached hydrogens (tertiary/aromatic N) is 1. The van der Waals surface area contributed by atoms with E-state index in [9.17, 15) is 4.79 Å². The van der Waals surface area contributed by atoms with Crippen LogP contribution in [0.1, 0.15) is 18.2 Å². The first-order chi connectivity index (χ1) is 6.63. The smallest absolute Gasteiger partial charge is 0.311 e. The van der Waals surface area contributed by atoms with Crippen LogP contribution in [-0.2, 0) is 16.0 Å². The van der Waals surface area contributed by atoms with Gasteiger partial charge in [0.2, 0.25) is 0 Å². The molecule has 0 saturated heterocycles. The second-order valence-corrected chi connectivity index (χ2v) is 3.25. The Balaban J connectivity index is 2.68. The van der Waals surface area contributed by atoms with Gasteiger partial charge in [-0.2, -0.15) is 0 Å². The predicted molar refractivity (Wildman–Crippen MR) is 54.3 cm³/mol. The maximum Gasteiger partial charge on any atom is 0.311 e. The molecule has 0 atom stereocenters. The molecular formula is C10H12ClNO2.